The average molecular weight is 341 g/mol. The van der Waals surface area contributed by atoms with Gasteiger partial charge in [-0.1, -0.05) is 13.3 Å². The number of carboxylic acids is 1. The highest BCUT2D eigenvalue weighted by molar-refractivity contribution is 7.89. The molecule has 1 unspecified atom stereocenters. The van der Waals surface area contributed by atoms with Gasteiger partial charge in [0, 0.05) is 0 Å². The van der Waals surface area contributed by atoms with Crippen LogP contribution in [0.1, 0.15) is 19.8 Å². The van der Waals surface area contributed by atoms with Gasteiger partial charge >= 0.3 is 12.6 Å². The van der Waals surface area contributed by atoms with E-state index < -0.39 is 45.1 Å². The third-order valence-electron chi connectivity index (χ3n) is 2.60. The number of hydrogen-bond donors (Lipinski definition) is 2. The molecule has 0 aliphatic rings. The maximum atomic E-state index is 13.5. The molecule has 0 saturated carbocycles. The molecule has 0 aromatic heterocycles. The van der Waals surface area contributed by atoms with Crippen molar-refractivity contribution in [3.8, 4) is 5.75 Å². The van der Waals surface area contributed by atoms with Crippen molar-refractivity contribution in [2.24, 2.45) is 0 Å². The van der Waals surface area contributed by atoms with Crippen molar-refractivity contribution in [3.63, 3.8) is 0 Å². The summed E-state index contributed by atoms with van der Waals surface area (Å²) in [6.07, 6.45) is 0.457. The van der Waals surface area contributed by atoms with Crippen LogP contribution in [0.25, 0.3) is 0 Å². The van der Waals surface area contributed by atoms with E-state index in [1.807, 2.05) is 4.72 Å². The quantitative estimate of drug-likeness (QED) is 0.754. The summed E-state index contributed by atoms with van der Waals surface area (Å²) in [6, 6.07) is 0.680. The zero-order valence-corrected chi connectivity index (χ0v) is 12.2. The zero-order chi connectivity index (χ0) is 16.9. The summed E-state index contributed by atoms with van der Waals surface area (Å²) in [7, 11) is -4.31. The van der Waals surface area contributed by atoms with E-state index in [1.54, 1.807) is 6.92 Å². The van der Waals surface area contributed by atoms with Crippen molar-refractivity contribution >= 4 is 16.0 Å². The molecule has 0 fully saturated rings. The lowest BCUT2D eigenvalue weighted by Crippen LogP contribution is -2.40. The van der Waals surface area contributed by atoms with Crippen molar-refractivity contribution in [2.45, 2.75) is 37.3 Å². The summed E-state index contributed by atoms with van der Waals surface area (Å²) < 4.78 is 67.2. The Labute approximate surface area is 124 Å². The molecule has 1 rings (SSSR count). The molecule has 22 heavy (non-hydrogen) atoms. The maximum absolute atomic E-state index is 13.5. The van der Waals surface area contributed by atoms with E-state index in [-0.39, 0.29) is 6.42 Å². The molecule has 0 aliphatic heterocycles. The Morgan fingerprint density at radius 3 is 2.50 bits per heavy atom. The zero-order valence-electron chi connectivity index (χ0n) is 11.4. The van der Waals surface area contributed by atoms with E-state index in [2.05, 4.69) is 4.74 Å². The normalized spacial score (nSPS) is 13.1. The van der Waals surface area contributed by atoms with E-state index >= 15 is 0 Å². The Kier molecular flexibility index (Phi) is 6.18. The lowest BCUT2D eigenvalue weighted by Gasteiger charge is -2.14. The van der Waals surface area contributed by atoms with Crippen LogP contribution in [0.15, 0.2) is 23.1 Å². The lowest BCUT2D eigenvalue weighted by molar-refractivity contribution is -0.139. The van der Waals surface area contributed by atoms with E-state index in [1.165, 1.54) is 0 Å². The molecule has 0 saturated heterocycles. The number of halogens is 3. The van der Waals surface area contributed by atoms with Crippen LogP contribution in [0.3, 0.4) is 0 Å². The smallest absolute Gasteiger partial charge is 0.387 e. The first-order valence-electron chi connectivity index (χ1n) is 6.17. The second-order valence-corrected chi connectivity index (χ2v) is 5.99. The van der Waals surface area contributed by atoms with Crippen LogP contribution in [-0.4, -0.2) is 32.1 Å². The first-order valence-corrected chi connectivity index (χ1v) is 7.65. The van der Waals surface area contributed by atoms with Gasteiger partial charge in [0.25, 0.3) is 0 Å². The molecule has 0 spiro atoms. The first-order chi connectivity index (χ1) is 10.2. The number of carboxylic acid groups (broad SMARTS) is 1. The maximum Gasteiger partial charge on any atom is 0.387 e. The molecule has 6 nitrogen and oxygen atoms in total. The van der Waals surface area contributed by atoms with Gasteiger partial charge < -0.3 is 9.84 Å². The molecule has 0 heterocycles. The number of sulfonamides is 1. The summed E-state index contributed by atoms with van der Waals surface area (Å²) in [4.78, 5) is 10.3. The van der Waals surface area contributed by atoms with Crippen LogP contribution < -0.4 is 9.46 Å². The predicted molar refractivity (Wildman–Crippen MR) is 69.7 cm³/mol. The fraction of sp³-hybridized carbons (Fsp3) is 0.417. The summed E-state index contributed by atoms with van der Waals surface area (Å²) in [6.45, 7) is -1.59. The van der Waals surface area contributed by atoms with Gasteiger partial charge in [0.15, 0.2) is 11.6 Å². The van der Waals surface area contributed by atoms with Crippen LogP contribution >= 0.6 is 0 Å². The Morgan fingerprint density at radius 1 is 1.41 bits per heavy atom. The topological polar surface area (TPSA) is 92.7 Å². The standard InChI is InChI=1S/C12H14F3NO5S/c1-2-3-9(11(17)18)16-22(19,20)7-4-5-10(8(13)6-7)21-12(14)15/h4-6,9,12,16H,2-3H2,1H3,(H,17,18). The minimum Gasteiger partial charge on any atom is -0.480 e. The number of alkyl halides is 2. The Hall–Kier alpha value is -1.81. The van der Waals surface area contributed by atoms with E-state index in [4.69, 9.17) is 5.11 Å². The van der Waals surface area contributed by atoms with E-state index in [9.17, 15) is 26.4 Å². The monoisotopic (exact) mass is 341 g/mol. The highest BCUT2D eigenvalue weighted by Gasteiger charge is 2.25. The summed E-state index contributed by atoms with van der Waals surface area (Å²) in [5.74, 6) is -3.48. The minimum atomic E-state index is -4.31. The van der Waals surface area contributed by atoms with Gasteiger partial charge in [-0.3, -0.25) is 4.79 Å². The number of hydrogen-bond acceptors (Lipinski definition) is 4. The van der Waals surface area contributed by atoms with Crippen molar-refractivity contribution < 1.29 is 36.2 Å². The number of rotatable bonds is 8. The van der Waals surface area contributed by atoms with Gasteiger partial charge in [0.1, 0.15) is 6.04 Å². The van der Waals surface area contributed by atoms with E-state index in [0.29, 0.717) is 12.5 Å². The second kappa shape index (κ2) is 7.45. The van der Waals surface area contributed by atoms with Crippen LogP contribution in [0.2, 0.25) is 0 Å². The molecule has 1 aromatic rings. The van der Waals surface area contributed by atoms with Gasteiger partial charge in [-0.25, -0.2) is 12.8 Å². The van der Waals surface area contributed by atoms with Crippen LogP contribution in [-0.2, 0) is 14.8 Å². The van der Waals surface area contributed by atoms with Crippen molar-refractivity contribution in [3.05, 3.63) is 24.0 Å². The fourth-order valence-electron chi connectivity index (χ4n) is 1.62. The third kappa shape index (κ3) is 4.88. The van der Waals surface area contributed by atoms with Crippen LogP contribution in [0, 0.1) is 5.82 Å². The number of benzene rings is 1. The number of carbonyl (C=O) groups is 1. The Bertz CT molecular complexity index is 636. The molecule has 2 N–H and O–H groups in total. The number of nitrogens with one attached hydrogen (secondary N) is 1. The third-order valence-corrected chi connectivity index (χ3v) is 4.07. The number of aliphatic carboxylic acids is 1. The van der Waals surface area contributed by atoms with Gasteiger partial charge in [0.2, 0.25) is 10.0 Å². The molecule has 1 aromatic carbocycles. The SMILES string of the molecule is CCCC(NS(=O)(=O)c1ccc(OC(F)F)c(F)c1)C(=O)O. The van der Waals surface area contributed by atoms with E-state index in [0.717, 1.165) is 12.1 Å². The lowest BCUT2D eigenvalue weighted by atomic mass is 10.2. The highest BCUT2D eigenvalue weighted by Crippen LogP contribution is 2.23. The molecule has 1 atom stereocenters. The molecule has 0 aliphatic carbocycles. The highest BCUT2D eigenvalue weighted by atomic mass is 32.2. The van der Waals surface area contributed by atoms with Gasteiger partial charge in [-0.05, 0) is 24.6 Å². The molecular weight excluding hydrogens is 327 g/mol. The molecule has 124 valence electrons. The van der Waals surface area contributed by atoms with Gasteiger partial charge in [-0.15, -0.1) is 0 Å². The first kappa shape index (κ1) is 18.2. The van der Waals surface area contributed by atoms with Gasteiger partial charge in [-0.2, -0.15) is 13.5 Å². The minimum absolute atomic E-state index is 0.0453. The summed E-state index contributed by atoms with van der Waals surface area (Å²) in [5.41, 5.74) is 0. The second-order valence-electron chi connectivity index (χ2n) is 4.27. The van der Waals surface area contributed by atoms with Crippen LogP contribution in [0.4, 0.5) is 13.2 Å². The molecular formula is C12H14F3NO5S. The van der Waals surface area contributed by atoms with Gasteiger partial charge in [0.05, 0.1) is 4.90 Å². The number of ether oxygens (including phenoxy) is 1. The molecule has 0 amide bonds. The Morgan fingerprint density at radius 2 is 2.05 bits per heavy atom. The van der Waals surface area contributed by atoms with Crippen molar-refractivity contribution in [2.75, 3.05) is 0 Å². The molecule has 0 bridgehead atoms. The molecule has 10 heteroatoms. The average Bonchev–Trinajstić information content (AvgIpc) is 2.39. The summed E-state index contributed by atoms with van der Waals surface area (Å²) >= 11 is 0. The summed E-state index contributed by atoms with van der Waals surface area (Å²) in [5, 5.41) is 8.91. The van der Waals surface area contributed by atoms with Crippen molar-refractivity contribution in [1.82, 2.24) is 4.72 Å². The largest absolute Gasteiger partial charge is 0.480 e. The predicted octanol–water partition coefficient (Wildman–Crippen LogP) is 1.96. The Balaban J connectivity index is 3.02. The fourth-order valence-corrected chi connectivity index (χ4v) is 2.85. The molecule has 0 radical (unpaired) electrons. The van der Waals surface area contributed by atoms with Crippen LogP contribution in [0.5, 0.6) is 5.75 Å². The van der Waals surface area contributed by atoms with Crippen molar-refractivity contribution in [1.29, 1.82) is 0 Å².